The van der Waals surface area contributed by atoms with Gasteiger partial charge in [0.1, 0.15) is 0 Å². The molecule has 74 valence electrons. The number of aliphatic carboxylic acids is 1. The van der Waals surface area contributed by atoms with Crippen molar-refractivity contribution in [3.63, 3.8) is 0 Å². The van der Waals surface area contributed by atoms with Crippen LogP contribution in [0.4, 0.5) is 0 Å². The molecule has 13 heavy (non-hydrogen) atoms. The third-order valence-corrected chi connectivity index (χ3v) is 4.13. The van der Waals surface area contributed by atoms with Crippen molar-refractivity contribution in [3.05, 3.63) is 0 Å². The zero-order chi connectivity index (χ0) is 9.31. The monoisotopic (exact) mass is 202 g/mol. The lowest BCUT2D eigenvalue weighted by Gasteiger charge is -2.36. The van der Waals surface area contributed by atoms with Gasteiger partial charge in [0.05, 0.1) is 11.5 Å². The highest BCUT2D eigenvalue weighted by Gasteiger charge is 2.42. The molecule has 3 nitrogen and oxygen atoms in total. The van der Waals surface area contributed by atoms with E-state index in [0.717, 1.165) is 24.3 Å². The summed E-state index contributed by atoms with van der Waals surface area (Å²) in [7, 11) is 0. The van der Waals surface area contributed by atoms with E-state index < -0.39 is 5.97 Å². The van der Waals surface area contributed by atoms with Gasteiger partial charge in [0.25, 0.3) is 0 Å². The standard InChI is InChI=1S/C9H14O3S/c10-8(11)7-1-3-12-9(5-7)2-4-13-6-9/h7H,1-6H2,(H,10,11). The second-order valence-corrected chi connectivity index (χ2v) is 4.97. The molecule has 0 radical (unpaired) electrons. The molecule has 0 aromatic heterocycles. The average molecular weight is 202 g/mol. The number of hydrogen-bond donors (Lipinski definition) is 1. The van der Waals surface area contributed by atoms with Gasteiger partial charge in [-0.1, -0.05) is 0 Å². The van der Waals surface area contributed by atoms with Crippen molar-refractivity contribution in [1.82, 2.24) is 0 Å². The van der Waals surface area contributed by atoms with E-state index >= 15 is 0 Å². The summed E-state index contributed by atoms with van der Waals surface area (Å²) in [4.78, 5) is 10.8. The van der Waals surface area contributed by atoms with Gasteiger partial charge < -0.3 is 9.84 Å². The Morgan fingerprint density at radius 1 is 1.62 bits per heavy atom. The van der Waals surface area contributed by atoms with E-state index in [-0.39, 0.29) is 11.5 Å². The Kier molecular flexibility index (Phi) is 2.51. The molecular weight excluding hydrogens is 188 g/mol. The van der Waals surface area contributed by atoms with E-state index in [1.807, 2.05) is 11.8 Å². The highest BCUT2D eigenvalue weighted by Crippen LogP contribution is 2.40. The number of hydrogen-bond acceptors (Lipinski definition) is 3. The number of thioether (sulfide) groups is 1. The topological polar surface area (TPSA) is 46.5 Å². The molecule has 2 saturated heterocycles. The van der Waals surface area contributed by atoms with Crippen molar-refractivity contribution < 1.29 is 14.6 Å². The van der Waals surface area contributed by atoms with Crippen LogP contribution in [0, 0.1) is 5.92 Å². The van der Waals surface area contributed by atoms with Crippen LogP contribution in [-0.4, -0.2) is 34.8 Å². The molecule has 1 N–H and O–H groups in total. The summed E-state index contributed by atoms with van der Waals surface area (Å²) in [6, 6.07) is 0. The Labute approximate surface area is 81.8 Å². The third-order valence-electron chi connectivity index (χ3n) is 2.91. The maximum Gasteiger partial charge on any atom is 0.306 e. The highest BCUT2D eigenvalue weighted by atomic mass is 32.2. The smallest absolute Gasteiger partial charge is 0.306 e. The lowest BCUT2D eigenvalue weighted by Crippen LogP contribution is -2.41. The molecule has 0 bridgehead atoms. The van der Waals surface area contributed by atoms with Gasteiger partial charge in [0.2, 0.25) is 0 Å². The SMILES string of the molecule is O=C(O)C1CCOC2(CCSC2)C1. The van der Waals surface area contributed by atoms with Gasteiger partial charge in [-0.15, -0.1) is 0 Å². The van der Waals surface area contributed by atoms with Crippen LogP contribution in [-0.2, 0) is 9.53 Å². The largest absolute Gasteiger partial charge is 0.481 e. The minimum atomic E-state index is -0.653. The first-order chi connectivity index (χ1) is 6.22. The lowest BCUT2D eigenvalue weighted by molar-refractivity contribution is -0.152. The normalized spacial score (nSPS) is 39.5. The van der Waals surface area contributed by atoms with Crippen LogP contribution in [0.15, 0.2) is 0 Å². The molecule has 2 heterocycles. The molecule has 0 aromatic rings. The van der Waals surface area contributed by atoms with Gasteiger partial charge in [-0.25, -0.2) is 0 Å². The van der Waals surface area contributed by atoms with E-state index in [2.05, 4.69) is 0 Å². The molecule has 0 aliphatic carbocycles. The number of rotatable bonds is 1. The second kappa shape index (κ2) is 3.50. The summed E-state index contributed by atoms with van der Waals surface area (Å²) < 4.78 is 5.72. The van der Waals surface area contributed by atoms with Crippen LogP contribution in [0.25, 0.3) is 0 Å². The Morgan fingerprint density at radius 3 is 3.08 bits per heavy atom. The van der Waals surface area contributed by atoms with Gasteiger partial charge in [-0.05, 0) is 25.0 Å². The predicted molar refractivity (Wildman–Crippen MR) is 51.0 cm³/mol. The van der Waals surface area contributed by atoms with Gasteiger partial charge in [0.15, 0.2) is 0 Å². The molecule has 2 unspecified atom stereocenters. The molecule has 2 aliphatic rings. The van der Waals surface area contributed by atoms with E-state index in [1.165, 1.54) is 0 Å². The molecule has 2 rings (SSSR count). The second-order valence-electron chi connectivity index (χ2n) is 3.86. The average Bonchev–Trinajstić information content (AvgIpc) is 2.53. The predicted octanol–water partition coefficient (Wildman–Crippen LogP) is 1.37. The maximum atomic E-state index is 10.8. The van der Waals surface area contributed by atoms with Crippen molar-refractivity contribution in [1.29, 1.82) is 0 Å². The van der Waals surface area contributed by atoms with Crippen molar-refractivity contribution >= 4 is 17.7 Å². The summed E-state index contributed by atoms with van der Waals surface area (Å²) >= 11 is 1.88. The quantitative estimate of drug-likeness (QED) is 0.697. The molecule has 2 fully saturated rings. The summed E-state index contributed by atoms with van der Waals surface area (Å²) in [6.07, 6.45) is 2.43. The van der Waals surface area contributed by atoms with Gasteiger partial charge in [-0.2, -0.15) is 11.8 Å². The van der Waals surface area contributed by atoms with E-state index in [4.69, 9.17) is 9.84 Å². The van der Waals surface area contributed by atoms with Crippen LogP contribution in [0.5, 0.6) is 0 Å². The van der Waals surface area contributed by atoms with Gasteiger partial charge >= 0.3 is 5.97 Å². The summed E-state index contributed by atoms with van der Waals surface area (Å²) in [5.74, 6) is 1.27. The van der Waals surface area contributed by atoms with Crippen molar-refractivity contribution in [3.8, 4) is 0 Å². The fraction of sp³-hybridized carbons (Fsp3) is 0.889. The van der Waals surface area contributed by atoms with Crippen LogP contribution >= 0.6 is 11.8 Å². The van der Waals surface area contributed by atoms with Crippen LogP contribution in [0.2, 0.25) is 0 Å². The Balaban J connectivity index is 2.02. The number of carboxylic acid groups (broad SMARTS) is 1. The Hall–Kier alpha value is -0.220. The maximum absolute atomic E-state index is 10.8. The van der Waals surface area contributed by atoms with Gasteiger partial charge in [0, 0.05) is 12.4 Å². The molecule has 0 aromatic carbocycles. The molecule has 2 atom stereocenters. The molecule has 0 amide bonds. The van der Waals surface area contributed by atoms with E-state index in [1.54, 1.807) is 0 Å². The number of ether oxygens (including phenoxy) is 1. The summed E-state index contributed by atoms with van der Waals surface area (Å²) in [5.41, 5.74) is -0.0913. The first-order valence-corrected chi connectivity index (χ1v) is 5.82. The van der Waals surface area contributed by atoms with Crippen molar-refractivity contribution in [2.75, 3.05) is 18.1 Å². The fourth-order valence-corrected chi connectivity index (χ4v) is 3.48. The van der Waals surface area contributed by atoms with Gasteiger partial charge in [-0.3, -0.25) is 4.79 Å². The highest BCUT2D eigenvalue weighted by molar-refractivity contribution is 7.99. The summed E-state index contributed by atoms with van der Waals surface area (Å²) in [6.45, 7) is 0.623. The van der Waals surface area contributed by atoms with Crippen molar-refractivity contribution in [2.45, 2.75) is 24.9 Å². The molecule has 1 spiro atoms. The van der Waals surface area contributed by atoms with E-state index in [9.17, 15) is 4.79 Å². The first-order valence-electron chi connectivity index (χ1n) is 4.66. The number of carbonyl (C=O) groups is 1. The Morgan fingerprint density at radius 2 is 2.46 bits per heavy atom. The first kappa shape index (κ1) is 9.34. The minimum Gasteiger partial charge on any atom is -0.481 e. The fourth-order valence-electron chi connectivity index (χ4n) is 2.10. The Bertz CT molecular complexity index is 211. The molecular formula is C9H14O3S. The lowest BCUT2D eigenvalue weighted by atomic mass is 9.85. The third kappa shape index (κ3) is 1.83. The van der Waals surface area contributed by atoms with Crippen LogP contribution in [0.3, 0.4) is 0 Å². The molecule has 0 saturated carbocycles. The van der Waals surface area contributed by atoms with E-state index in [0.29, 0.717) is 13.0 Å². The van der Waals surface area contributed by atoms with Crippen LogP contribution < -0.4 is 0 Å². The van der Waals surface area contributed by atoms with Crippen molar-refractivity contribution in [2.24, 2.45) is 5.92 Å². The zero-order valence-electron chi connectivity index (χ0n) is 7.49. The van der Waals surface area contributed by atoms with Crippen LogP contribution in [0.1, 0.15) is 19.3 Å². The minimum absolute atomic E-state index is 0.0913. The summed E-state index contributed by atoms with van der Waals surface area (Å²) in [5, 5.41) is 8.92. The molecule has 2 aliphatic heterocycles. The zero-order valence-corrected chi connectivity index (χ0v) is 8.31. The number of carboxylic acids is 1. The molecule has 4 heteroatoms.